The molecule has 0 bridgehead atoms. The molecule has 0 saturated heterocycles. The summed E-state index contributed by atoms with van der Waals surface area (Å²) < 4.78 is 4.95. The summed E-state index contributed by atoms with van der Waals surface area (Å²) in [5.74, 6) is -1.55. The van der Waals surface area contributed by atoms with Gasteiger partial charge in [-0.2, -0.15) is 0 Å². The molecule has 1 aliphatic heterocycles. The molecule has 28 heavy (non-hydrogen) atoms. The Labute approximate surface area is 160 Å². The minimum Gasteiger partial charge on any atom is -0.466 e. The predicted molar refractivity (Wildman–Crippen MR) is 101 cm³/mol. The second kappa shape index (κ2) is 6.45. The zero-order valence-electron chi connectivity index (χ0n) is 15.2. The lowest BCUT2D eigenvalue weighted by atomic mass is 9.79. The van der Waals surface area contributed by atoms with E-state index >= 15 is 0 Å². The number of nitrogens with one attached hydrogen (secondary N) is 1. The topological polar surface area (TPSA) is 98.5 Å². The van der Waals surface area contributed by atoms with Crippen molar-refractivity contribution < 1.29 is 19.2 Å². The predicted octanol–water partition coefficient (Wildman–Crippen LogP) is 3.34. The van der Waals surface area contributed by atoms with Crippen molar-refractivity contribution >= 4 is 23.1 Å². The van der Waals surface area contributed by atoms with Crippen LogP contribution in [0.3, 0.4) is 0 Å². The number of hydrogen-bond donors (Lipinski definition) is 1. The standard InChI is InChI=1S/C21H16N2O5/c1-11-16(21(25)28-2)17(12-6-5-7-13(10-12)23(26)27)18-19(22-11)14-8-3-4-9-15(14)20(18)24/h3-10,17,22H,1-2H3/t17-/m1/s1. The van der Waals surface area contributed by atoms with Crippen molar-refractivity contribution in [3.05, 3.63) is 92.2 Å². The molecule has 7 nitrogen and oxygen atoms in total. The molecule has 140 valence electrons. The lowest BCUT2D eigenvalue weighted by Crippen LogP contribution is -2.29. The second-order valence-electron chi connectivity index (χ2n) is 6.60. The summed E-state index contributed by atoms with van der Waals surface area (Å²) in [6.07, 6.45) is 0. The Morgan fingerprint density at radius 1 is 1.14 bits per heavy atom. The Morgan fingerprint density at radius 3 is 2.54 bits per heavy atom. The molecule has 0 radical (unpaired) electrons. The fourth-order valence-electron chi connectivity index (χ4n) is 3.86. The quantitative estimate of drug-likeness (QED) is 0.501. The molecule has 0 aromatic heterocycles. The van der Waals surface area contributed by atoms with Gasteiger partial charge in [-0.3, -0.25) is 14.9 Å². The molecule has 0 fully saturated rings. The molecule has 0 unspecified atom stereocenters. The van der Waals surface area contributed by atoms with Gasteiger partial charge in [-0.15, -0.1) is 0 Å². The van der Waals surface area contributed by atoms with Crippen LogP contribution in [0.1, 0.15) is 34.3 Å². The van der Waals surface area contributed by atoms with Crippen molar-refractivity contribution in [2.45, 2.75) is 12.8 Å². The van der Waals surface area contributed by atoms with Gasteiger partial charge in [0, 0.05) is 40.4 Å². The number of nitro benzene ring substituents is 1. The number of dihydropyridines is 1. The molecule has 1 N–H and O–H groups in total. The maximum Gasteiger partial charge on any atom is 0.336 e. The molecular weight excluding hydrogens is 360 g/mol. The van der Waals surface area contributed by atoms with Crippen molar-refractivity contribution in [1.29, 1.82) is 0 Å². The number of methoxy groups -OCH3 is 1. The molecule has 2 aromatic rings. The molecule has 0 spiro atoms. The number of rotatable bonds is 3. The van der Waals surface area contributed by atoms with Crippen LogP contribution in [-0.4, -0.2) is 23.8 Å². The number of benzene rings is 2. The van der Waals surface area contributed by atoms with Gasteiger partial charge in [0.25, 0.3) is 5.69 Å². The van der Waals surface area contributed by atoms with Gasteiger partial charge < -0.3 is 10.1 Å². The Balaban J connectivity index is 1.97. The molecule has 1 atom stereocenters. The number of fused-ring (bicyclic) bond motifs is 2. The van der Waals surface area contributed by atoms with E-state index in [2.05, 4.69) is 5.32 Å². The second-order valence-corrected chi connectivity index (χ2v) is 6.60. The fraction of sp³-hybridized carbons (Fsp3) is 0.143. The van der Waals surface area contributed by atoms with Gasteiger partial charge in [-0.25, -0.2) is 4.79 Å². The van der Waals surface area contributed by atoms with Gasteiger partial charge in [0.15, 0.2) is 5.78 Å². The summed E-state index contributed by atoms with van der Waals surface area (Å²) in [6, 6.07) is 13.2. The number of hydrogen-bond acceptors (Lipinski definition) is 6. The SMILES string of the molecule is COC(=O)C1=C(C)NC2=C(C(=O)c3ccccc32)[C@@H]1c1cccc([N+](=O)[O-])c1. The third-order valence-corrected chi connectivity index (χ3v) is 5.07. The molecule has 2 aromatic carbocycles. The number of Topliss-reactive ketones (excluding diaryl/α,β-unsaturated/α-hetero) is 1. The number of non-ortho nitro benzene ring substituents is 1. The van der Waals surface area contributed by atoms with Crippen LogP contribution in [0.15, 0.2) is 65.4 Å². The average molecular weight is 376 g/mol. The van der Waals surface area contributed by atoms with Crippen molar-refractivity contribution in [1.82, 2.24) is 5.32 Å². The minimum atomic E-state index is -0.761. The minimum absolute atomic E-state index is 0.108. The van der Waals surface area contributed by atoms with Crippen LogP contribution in [0, 0.1) is 10.1 Å². The van der Waals surface area contributed by atoms with Gasteiger partial charge >= 0.3 is 5.97 Å². The van der Waals surface area contributed by atoms with Gasteiger partial charge in [-0.05, 0) is 12.5 Å². The van der Waals surface area contributed by atoms with Gasteiger partial charge in [0.1, 0.15) is 0 Å². The Kier molecular flexibility index (Phi) is 4.07. The molecular formula is C21H16N2O5. The molecule has 4 rings (SSSR count). The lowest BCUT2D eigenvalue weighted by Gasteiger charge is -2.28. The zero-order valence-corrected chi connectivity index (χ0v) is 15.2. The third kappa shape index (κ3) is 2.51. The maximum absolute atomic E-state index is 13.2. The van der Waals surface area contributed by atoms with Crippen molar-refractivity contribution in [3.63, 3.8) is 0 Å². The lowest BCUT2D eigenvalue weighted by molar-refractivity contribution is -0.384. The van der Waals surface area contributed by atoms with Crippen LogP contribution in [0.5, 0.6) is 0 Å². The number of esters is 1. The molecule has 0 amide bonds. The van der Waals surface area contributed by atoms with Gasteiger partial charge in [0.05, 0.1) is 23.3 Å². The number of carbonyl (C=O) groups excluding carboxylic acids is 2. The van der Waals surface area contributed by atoms with E-state index in [1.54, 1.807) is 31.2 Å². The first-order chi connectivity index (χ1) is 13.4. The normalized spacial score (nSPS) is 17.8. The number of allylic oxidation sites excluding steroid dienone is 2. The average Bonchev–Trinajstić information content (AvgIpc) is 2.98. The monoisotopic (exact) mass is 376 g/mol. The van der Waals surface area contributed by atoms with Crippen LogP contribution >= 0.6 is 0 Å². The van der Waals surface area contributed by atoms with Crippen molar-refractivity contribution in [3.8, 4) is 0 Å². The highest BCUT2D eigenvalue weighted by Crippen LogP contribution is 2.47. The van der Waals surface area contributed by atoms with E-state index in [-0.39, 0.29) is 17.0 Å². The molecule has 7 heteroatoms. The smallest absolute Gasteiger partial charge is 0.336 e. The molecule has 2 aliphatic rings. The maximum atomic E-state index is 13.2. The fourth-order valence-corrected chi connectivity index (χ4v) is 3.86. The summed E-state index contributed by atoms with van der Waals surface area (Å²) in [7, 11) is 1.27. The number of ketones is 1. The Bertz CT molecular complexity index is 1110. The Morgan fingerprint density at radius 2 is 1.86 bits per heavy atom. The third-order valence-electron chi connectivity index (χ3n) is 5.07. The highest BCUT2D eigenvalue weighted by Gasteiger charge is 2.43. The van der Waals surface area contributed by atoms with Crippen LogP contribution in [0.25, 0.3) is 5.70 Å². The largest absolute Gasteiger partial charge is 0.466 e. The van der Waals surface area contributed by atoms with Crippen molar-refractivity contribution in [2.24, 2.45) is 0 Å². The van der Waals surface area contributed by atoms with E-state index in [1.807, 2.05) is 12.1 Å². The summed E-state index contributed by atoms with van der Waals surface area (Å²) in [4.78, 5) is 36.5. The first-order valence-electron chi connectivity index (χ1n) is 8.62. The summed E-state index contributed by atoms with van der Waals surface area (Å²) in [5, 5.41) is 14.4. The van der Waals surface area contributed by atoms with Crippen LogP contribution in [-0.2, 0) is 9.53 Å². The van der Waals surface area contributed by atoms with Gasteiger partial charge in [-0.1, -0.05) is 36.4 Å². The number of nitrogens with zero attached hydrogens (tertiary/aromatic N) is 1. The zero-order chi connectivity index (χ0) is 20.0. The van der Waals surface area contributed by atoms with E-state index in [1.165, 1.54) is 19.2 Å². The summed E-state index contributed by atoms with van der Waals surface area (Å²) in [6.45, 7) is 1.73. The number of nitro groups is 1. The highest BCUT2D eigenvalue weighted by molar-refractivity contribution is 6.23. The van der Waals surface area contributed by atoms with E-state index in [0.29, 0.717) is 28.1 Å². The van der Waals surface area contributed by atoms with Gasteiger partial charge in [0.2, 0.25) is 0 Å². The first kappa shape index (κ1) is 17.7. The summed E-state index contributed by atoms with van der Waals surface area (Å²) >= 11 is 0. The van der Waals surface area contributed by atoms with Crippen molar-refractivity contribution in [2.75, 3.05) is 7.11 Å². The highest BCUT2D eigenvalue weighted by atomic mass is 16.6. The number of ether oxygens (including phenoxy) is 1. The van der Waals surface area contributed by atoms with E-state index < -0.39 is 16.8 Å². The molecule has 0 saturated carbocycles. The van der Waals surface area contributed by atoms with E-state index in [0.717, 1.165) is 5.56 Å². The molecule has 1 heterocycles. The van der Waals surface area contributed by atoms with E-state index in [9.17, 15) is 19.7 Å². The van der Waals surface area contributed by atoms with Crippen LogP contribution in [0.4, 0.5) is 5.69 Å². The Hall–Kier alpha value is -3.74. The molecule has 1 aliphatic carbocycles. The van der Waals surface area contributed by atoms with Crippen LogP contribution in [0.2, 0.25) is 0 Å². The number of carbonyl (C=O) groups is 2. The first-order valence-corrected chi connectivity index (χ1v) is 8.62. The van der Waals surface area contributed by atoms with E-state index in [4.69, 9.17) is 4.74 Å². The summed E-state index contributed by atoms with van der Waals surface area (Å²) in [5.41, 5.74) is 3.51. The van der Waals surface area contributed by atoms with Crippen LogP contribution < -0.4 is 5.32 Å².